The van der Waals surface area contributed by atoms with Crippen LogP contribution in [0.3, 0.4) is 0 Å². The standard InChI is InChI=1S/C16H22N2O/c1-12(14-5-3-4-6-14)18-11-15-9-13(10-17)7-8-16(15)19-2/h7-9,12,14,18H,3-6,11H2,1-2H3. The molecule has 1 aromatic rings. The molecule has 1 aliphatic rings. The fourth-order valence-electron chi connectivity index (χ4n) is 2.88. The molecule has 3 nitrogen and oxygen atoms in total. The van der Waals surface area contributed by atoms with Crippen molar-refractivity contribution >= 4 is 0 Å². The molecule has 0 spiro atoms. The summed E-state index contributed by atoms with van der Waals surface area (Å²) >= 11 is 0. The van der Waals surface area contributed by atoms with Gasteiger partial charge in [0.25, 0.3) is 0 Å². The van der Waals surface area contributed by atoms with Crippen LogP contribution in [-0.4, -0.2) is 13.2 Å². The minimum absolute atomic E-state index is 0.526. The van der Waals surface area contributed by atoms with Gasteiger partial charge in [-0.05, 0) is 43.9 Å². The van der Waals surface area contributed by atoms with Crippen molar-refractivity contribution in [2.45, 2.75) is 45.2 Å². The van der Waals surface area contributed by atoms with Crippen LogP contribution in [0.5, 0.6) is 5.75 Å². The Morgan fingerprint density at radius 1 is 1.42 bits per heavy atom. The van der Waals surface area contributed by atoms with E-state index in [0.29, 0.717) is 11.6 Å². The normalized spacial score (nSPS) is 17.1. The lowest BCUT2D eigenvalue weighted by Crippen LogP contribution is -2.31. The number of rotatable bonds is 5. The Labute approximate surface area is 115 Å². The molecule has 3 heteroatoms. The molecular weight excluding hydrogens is 236 g/mol. The highest BCUT2D eigenvalue weighted by Gasteiger charge is 2.21. The summed E-state index contributed by atoms with van der Waals surface area (Å²) in [5.41, 5.74) is 1.75. The number of hydrogen-bond donors (Lipinski definition) is 1. The van der Waals surface area contributed by atoms with E-state index < -0.39 is 0 Å². The smallest absolute Gasteiger partial charge is 0.123 e. The summed E-state index contributed by atoms with van der Waals surface area (Å²) in [7, 11) is 1.67. The molecule has 1 saturated carbocycles. The third-order valence-corrected chi connectivity index (χ3v) is 4.13. The van der Waals surface area contributed by atoms with E-state index in [1.165, 1.54) is 25.7 Å². The molecule has 0 bridgehead atoms. The number of methoxy groups -OCH3 is 1. The molecule has 1 N–H and O–H groups in total. The summed E-state index contributed by atoms with van der Waals surface area (Å²) in [5.74, 6) is 1.65. The van der Waals surface area contributed by atoms with Gasteiger partial charge in [-0.3, -0.25) is 0 Å². The Hall–Kier alpha value is -1.53. The van der Waals surface area contributed by atoms with E-state index in [-0.39, 0.29) is 0 Å². The van der Waals surface area contributed by atoms with Gasteiger partial charge in [-0.15, -0.1) is 0 Å². The lowest BCUT2D eigenvalue weighted by molar-refractivity contribution is 0.371. The molecule has 19 heavy (non-hydrogen) atoms. The highest BCUT2D eigenvalue weighted by molar-refractivity contribution is 5.42. The molecule has 0 aliphatic heterocycles. The van der Waals surface area contributed by atoms with Gasteiger partial charge in [0.05, 0.1) is 18.7 Å². The van der Waals surface area contributed by atoms with Crippen LogP contribution >= 0.6 is 0 Å². The van der Waals surface area contributed by atoms with Crippen molar-refractivity contribution in [3.05, 3.63) is 29.3 Å². The maximum Gasteiger partial charge on any atom is 0.123 e. The second-order valence-electron chi connectivity index (χ2n) is 5.35. The zero-order chi connectivity index (χ0) is 13.7. The SMILES string of the molecule is COc1ccc(C#N)cc1CNC(C)C1CCCC1. The number of nitrogens with one attached hydrogen (secondary N) is 1. The minimum atomic E-state index is 0.526. The number of nitrogens with zero attached hydrogens (tertiary/aromatic N) is 1. The number of ether oxygens (including phenoxy) is 1. The fraction of sp³-hybridized carbons (Fsp3) is 0.562. The Bertz CT molecular complexity index is 458. The van der Waals surface area contributed by atoms with Crippen LogP contribution < -0.4 is 10.1 Å². The number of benzene rings is 1. The summed E-state index contributed by atoms with van der Waals surface area (Å²) in [6.07, 6.45) is 5.40. The average Bonchev–Trinajstić information content (AvgIpc) is 2.98. The summed E-state index contributed by atoms with van der Waals surface area (Å²) in [6, 6.07) is 8.28. The lowest BCUT2D eigenvalue weighted by atomic mass is 9.99. The molecule has 1 aromatic carbocycles. The third kappa shape index (κ3) is 3.48. The predicted octanol–water partition coefficient (Wildman–Crippen LogP) is 3.24. The van der Waals surface area contributed by atoms with E-state index in [9.17, 15) is 0 Å². The second kappa shape index (κ2) is 6.58. The van der Waals surface area contributed by atoms with Crippen molar-refractivity contribution in [1.82, 2.24) is 5.32 Å². The van der Waals surface area contributed by atoms with E-state index in [1.807, 2.05) is 12.1 Å². The van der Waals surface area contributed by atoms with Gasteiger partial charge in [0.1, 0.15) is 5.75 Å². The first-order valence-electron chi connectivity index (χ1n) is 7.05. The van der Waals surface area contributed by atoms with E-state index in [0.717, 1.165) is 23.8 Å². The Kier molecular flexibility index (Phi) is 4.81. The first-order valence-corrected chi connectivity index (χ1v) is 7.05. The maximum absolute atomic E-state index is 8.96. The average molecular weight is 258 g/mol. The van der Waals surface area contributed by atoms with Crippen LogP contribution in [0.25, 0.3) is 0 Å². The zero-order valence-corrected chi connectivity index (χ0v) is 11.8. The van der Waals surface area contributed by atoms with Crippen molar-refractivity contribution in [2.24, 2.45) is 5.92 Å². The quantitative estimate of drug-likeness (QED) is 0.882. The molecule has 1 unspecified atom stereocenters. The van der Waals surface area contributed by atoms with Crippen LogP contribution in [-0.2, 0) is 6.54 Å². The summed E-state index contributed by atoms with van der Waals surface area (Å²) in [4.78, 5) is 0. The molecule has 0 amide bonds. The summed E-state index contributed by atoms with van der Waals surface area (Å²) in [5, 5.41) is 12.5. The first-order chi connectivity index (χ1) is 9.24. The van der Waals surface area contributed by atoms with E-state index in [4.69, 9.17) is 10.00 Å². The predicted molar refractivity (Wildman–Crippen MR) is 76.0 cm³/mol. The molecule has 0 aromatic heterocycles. The van der Waals surface area contributed by atoms with E-state index in [2.05, 4.69) is 18.3 Å². The highest BCUT2D eigenvalue weighted by Crippen LogP contribution is 2.28. The van der Waals surface area contributed by atoms with Gasteiger partial charge in [0, 0.05) is 18.2 Å². The molecule has 0 radical (unpaired) electrons. The number of hydrogen-bond acceptors (Lipinski definition) is 3. The molecule has 0 heterocycles. The second-order valence-corrected chi connectivity index (χ2v) is 5.35. The van der Waals surface area contributed by atoms with Crippen LogP contribution in [0, 0.1) is 17.2 Å². The monoisotopic (exact) mass is 258 g/mol. The van der Waals surface area contributed by atoms with Crippen molar-refractivity contribution in [3.63, 3.8) is 0 Å². The molecular formula is C16H22N2O. The third-order valence-electron chi connectivity index (χ3n) is 4.13. The zero-order valence-electron chi connectivity index (χ0n) is 11.8. The van der Waals surface area contributed by atoms with Crippen molar-refractivity contribution < 1.29 is 4.74 Å². The minimum Gasteiger partial charge on any atom is -0.496 e. The summed E-state index contributed by atoms with van der Waals surface area (Å²) < 4.78 is 5.35. The van der Waals surface area contributed by atoms with Gasteiger partial charge < -0.3 is 10.1 Å². The highest BCUT2D eigenvalue weighted by atomic mass is 16.5. The van der Waals surface area contributed by atoms with Gasteiger partial charge in [0.15, 0.2) is 0 Å². The molecule has 2 rings (SSSR count). The number of nitriles is 1. The Morgan fingerprint density at radius 2 is 2.16 bits per heavy atom. The van der Waals surface area contributed by atoms with Crippen LogP contribution in [0.4, 0.5) is 0 Å². The molecule has 1 fully saturated rings. The Balaban J connectivity index is 1.99. The van der Waals surface area contributed by atoms with Gasteiger partial charge in [-0.25, -0.2) is 0 Å². The van der Waals surface area contributed by atoms with E-state index >= 15 is 0 Å². The van der Waals surface area contributed by atoms with E-state index in [1.54, 1.807) is 13.2 Å². The van der Waals surface area contributed by atoms with Gasteiger partial charge in [-0.2, -0.15) is 5.26 Å². The van der Waals surface area contributed by atoms with Crippen LogP contribution in [0.15, 0.2) is 18.2 Å². The van der Waals surface area contributed by atoms with Crippen molar-refractivity contribution in [1.29, 1.82) is 5.26 Å². The van der Waals surface area contributed by atoms with Crippen molar-refractivity contribution in [3.8, 4) is 11.8 Å². The fourth-order valence-corrected chi connectivity index (χ4v) is 2.88. The molecule has 1 aliphatic carbocycles. The molecule has 102 valence electrons. The maximum atomic E-state index is 8.96. The van der Waals surface area contributed by atoms with Crippen LogP contribution in [0.2, 0.25) is 0 Å². The lowest BCUT2D eigenvalue weighted by Gasteiger charge is -2.21. The van der Waals surface area contributed by atoms with Gasteiger partial charge >= 0.3 is 0 Å². The van der Waals surface area contributed by atoms with Crippen molar-refractivity contribution in [2.75, 3.05) is 7.11 Å². The Morgan fingerprint density at radius 3 is 2.79 bits per heavy atom. The first kappa shape index (κ1) is 13.9. The molecule has 1 atom stereocenters. The summed E-state index contributed by atoms with van der Waals surface area (Å²) in [6.45, 7) is 3.02. The van der Waals surface area contributed by atoms with Gasteiger partial charge in [-0.1, -0.05) is 12.8 Å². The van der Waals surface area contributed by atoms with Crippen LogP contribution in [0.1, 0.15) is 43.7 Å². The largest absolute Gasteiger partial charge is 0.496 e. The van der Waals surface area contributed by atoms with Gasteiger partial charge in [0.2, 0.25) is 0 Å². The topological polar surface area (TPSA) is 45.0 Å². The molecule has 0 saturated heterocycles.